The first-order valence-electron chi connectivity index (χ1n) is 4.23. The number of nitrogens with two attached hydrogens (primary N) is 1. The van der Waals surface area contributed by atoms with E-state index in [1.807, 2.05) is 0 Å². The van der Waals surface area contributed by atoms with Gasteiger partial charge in [0.1, 0.15) is 24.4 Å². The zero-order valence-electron chi connectivity index (χ0n) is 7.39. The summed E-state index contributed by atoms with van der Waals surface area (Å²) in [5, 5.41) is 45.5. The standard InChI is InChI=1S/C7H15NO6/c8-2(1-9)6-4(11)3(10)5(12)7(13)14-6/h2-7,9-13H,1,8H2/t2-,3-,4+,5-,6+,7+/m0/s1. The Labute approximate surface area is 80.3 Å². The molecule has 1 fully saturated rings. The molecule has 0 saturated carbocycles. The van der Waals surface area contributed by atoms with E-state index in [-0.39, 0.29) is 0 Å². The number of aliphatic hydroxyl groups is 5. The van der Waals surface area contributed by atoms with Crippen LogP contribution in [0.15, 0.2) is 0 Å². The fourth-order valence-corrected chi connectivity index (χ4v) is 1.35. The van der Waals surface area contributed by atoms with Crippen LogP contribution in [0, 0.1) is 0 Å². The van der Waals surface area contributed by atoms with Crippen molar-refractivity contribution >= 4 is 0 Å². The monoisotopic (exact) mass is 209 g/mol. The summed E-state index contributed by atoms with van der Waals surface area (Å²) in [4.78, 5) is 0. The largest absolute Gasteiger partial charge is 0.395 e. The van der Waals surface area contributed by atoms with E-state index < -0.39 is 43.4 Å². The second-order valence-corrected chi connectivity index (χ2v) is 3.31. The summed E-state index contributed by atoms with van der Waals surface area (Å²) in [5.41, 5.74) is 5.37. The van der Waals surface area contributed by atoms with E-state index in [1.54, 1.807) is 0 Å². The van der Waals surface area contributed by atoms with Crippen molar-refractivity contribution in [1.82, 2.24) is 0 Å². The zero-order chi connectivity index (χ0) is 10.9. The normalized spacial score (nSPS) is 46.3. The van der Waals surface area contributed by atoms with Gasteiger partial charge >= 0.3 is 0 Å². The number of hydrogen-bond donors (Lipinski definition) is 6. The average Bonchev–Trinajstić information content (AvgIpc) is 2.19. The fraction of sp³-hybridized carbons (Fsp3) is 1.00. The molecule has 0 aromatic heterocycles. The van der Waals surface area contributed by atoms with Gasteiger partial charge in [0.25, 0.3) is 0 Å². The highest BCUT2D eigenvalue weighted by molar-refractivity contribution is 4.92. The molecule has 1 saturated heterocycles. The fourth-order valence-electron chi connectivity index (χ4n) is 1.35. The third-order valence-electron chi connectivity index (χ3n) is 2.26. The third kappa shape index (κ3) is 2.04. The molecular formula is C7H15NO6. The molecule has 7 heteroatoms. The Morgan fingerprint density at radius 3 is 2.14 bits per heavy atom. The van der Waals surface area contributed by atoms with Crippen molar-refractivity contribution in [3.8, 4) is 0 Å². The van der Waals surface area contributed by atoms with Gasteiger partial charge < -0.3 is 36.0 Å². The average molecular weight is 209 g/mol. The maximum Gasteiger partial charge on any atom is 0.184 e. The van der Waals surface area contributed by atoms with E-state index in [4.69, 9.17) is 25.8 Å². The van der Waals surface area contributed by atoms with Gasteiger partial charge in [0.15, 0.2) is 6.29 Å². The van der Waals surface area contributed by atoms with Crippen LogP contribution in [-0.4, -0.2) is 68.9 Å². The van der Waals surface area contributed by atoms with Crippen LogP contribution in [0.5, 0.6) is 0 Å². The molecule has 1 aliphatic rings. The summed E-state index contributed by atoms with van der Waals surface area (Å²) in [7, 11) is 0. The maximum atomic E-state index is 9.39. The Kier molecular flexibility index (Phi) is 3.78. The number of rotatable bonds is 2. The summed E-state index contributed by atoms with van der Waals surface area (Å²) in [6.07, 6.45) is -7.27. The first kappa shape index (κ1) is 11.8. The summed E-state index contributed by atoms with van der Waals surface area (Å²) in [5.74, 6) is 0. The molecule has 0 spiro atoms. The predicted octanol–water partition coefficient (Wildman–Crippen LogP) is -3.89. The van der Waals surface area contributed by atoms with Crippen molar-refractivity contribution in [1.29, 1.82) is 0 Å². The zero-order valence-corrected chi connectivity index (χ0v) is 7.39. The Morgan fingerprint density at radius 1 is 1.07 bits per heavy atom. The van der Waals surface area contributed by atoms with Crippen LogP contribution in [0.2, 0.25) is 0 Å². The molecule has 1 aliphatic heterocycles. The summed E-state index contributed by atoms with van der Waals surface area (Å²) < 4.78 is 4.74. The third-order valence-corrected chi connectivity index (χ3v) is 2.26. The maximum absolute atomic E-state index is 9.39. The molecule has 14 heavy (non-hydrogen) atoms. The Hall–Kier alpha value is -0.280. The van der Waals surface area contributed by atoms with Crippen molar-refractivity contribution in [3.63, 3.8) is 0 Å². The second kappa shape index (κ2) is 4.49. The lowest BCUT2D eigenvalue weighted by atomic mass is 9.95. The van der Waals surface area contributed by atoms with Gasteiger partial charge in [0, 0.05) is 0 Å². The van der Waals surface area contributed by atoms with Crippen LogP contribution in [0.4, 0.5) is 0 Å². The van der Waals surface area contributed by atoms with Gasteiger partial charge in [-0.2, -0.15) is 0 Å². The lowest BCUT2D eigenvalue weighted by Gasteiger charge is -2.40. The minimum Gasteiger partial charge on any atom is -0.395 e. The lowest BCUT2D eigenvalue weighted by molar-refractivity contribution is -0.286. The molecule has 1 rings (SSSR count). The highest BCUT2D eigenvalue weighted by Crippen LogP contribution is 2.21. The number of aliphatic hydroxyl groups excluding tert-OH is 5. The van der Waals surface area contributed by atoms with Crippen molar-refractivity contribution in [2.75, 3.05) is 6.61 Å². The SMILES string of the molecule is N[C@@H](CO)[C@H]1O[C@@H](O)[C@@H](O)[C@@H](O)[C@H]1O. The molecule has 0 aromatic rings. The smallest absolute Gasteiger partial charge is 0.184 e. The molecule has 1 heterocycles. The summed E-state index contributed by atoms with van der Waals surface area (Å²) in [6, 6.07) is -0.929. The van der Waals surface area contributed by atoms with E-state index in [2.05, 4.69) is 0 Å². The highest BCUT2D eigenvalue weighted by atomic mass is 16.6. The van der Waals surface area contributed by atoms with Crippen LogP contribution in [0.3, 0.4) is 0 Å². The van der Waals surface area contributed by atoms with E-state index in [0.29, 0.717) is 0 Å². The quantitative estimate of drug-likeness (QED) is 0.273. The van der Waals surface area contributed by atoms with Crippen LogP contribution in [-0.2, 0) is 4.74 Å². The summed E-state index contributed by atoms with van der Waals surface area (Å²) in [6.45, 7) is -0.461. The van der Waals surface area contributed by atoms with Crippen molar-refractivity contribution in [3.05, 3.63) is 0 Å². The van der Waals surface area contributed by atoms with Gasteiger partial charge in [-0.15, -0.1) is 0 Å². The molecule has 7 N–H and O–H groups in total. The van der Waals surface area contributed by atoms with Gasteiger partial charge in [-0.3, -0.25) is 0 Å². The van der Waals surface area contributed by atoms with Crippen molar-refractivity contribution in [2.45, 2.75) is 36.7 Å². The molecule has 6 atom stereocenters. The van der Waals surface area contributed by atoms with Gasteiger partial charge in [-0.25, -0.2) is 0 Å². The first-order valence-corrected chi connectivity index (χ1v) is 4.23. The van der Waals surface area contributed by atoms with Gasteiger partial charge in [0.2, 0.25) is 0 Å². The number of ether oxygens (including phenoxy) is 1. The molecule has 0 radical (unpaired) electrons. The van der Waals surface area contributed by atoms with Crippen molar-refractivity contribution in [2.24, 2.45) is 5.73 Å². The summed E-state index contributed by atoms with van der Waals surface area (Å²) >= 11 is 0. The first-order chi connectivity index (χ1) is 6.49. The minimum absolute atomic E-state index is 0.461. The Bertz CT molecular complexity index is 191. The van der Waals surface area contributed by atoms with Crippen LogP contribution < -0.4 is 5.73 Å². The van der Waals surface area contributed by atoms with Crippen LogP contribution in [0.25, 0.3) is 0 Å². The number of hydrogen-bond acceptors (Lipinski definition) is 7. The van der Waals surface area contributed by atoms with E-state index in [1.165, 1.54) is 0 Å². The molecule has 0 unspecified atom stereocenters. The van der Waals surface area contributed by atoms with Gasteiger partial charge in [-0.05, 0) is 0 Å². The topological polar surface area (TPSA) is 136 Å². The molecule has 7 nitrogen and oxygen atoms in total. The van der Waals surface area contributed by atoms with Crippen LogP contribution >= 0.6 is 0 Å². The van der Waals surface area contributed by atoms with E-state index >= 15 is 0 Å². The predicted molar refractivity (Wildman–Crippen MR) is 44.0 cm³/mol. The highest BCUT2D eigenvalue weighted by Gasteiger charge is 2.44. The molecule has 0 aliphatic carbocycles. The van der Waals surface area contributed by atoms with Gasteiger partial charge in [0.05, 0.1) is 12.6 Å². The molecule has 0 amide bonds. The molecular weight excluding hydrogens is 194 g/mol. The molecule has 0 bridgehead atoms. The lowest BCUT2D eigenvalue weighted by Crippen LogP contribution is -2.62. The van der Waals surface area contributed by atoms with E-state index in [9.17, 15) is 10.2 Å². The minimum atomic E-state index is -1.61. The Morgan fingerprint density at radius 2 is 1.64 bits per heavy atom. The van der Waals surface area contributed by atoms with Crippen molar-refractivity contribution < 1.29 is 30.3 Å². The molecule has 84 valence electrons. The van der Waals surface area contributed by atoms with Crippen LogP contribution in [0.1, 0.15) is 0 Å². The second-order valence-electron chi connectivity index (χ2n) is 3.31. The van der Waals surface area contributed by atoms with Gasteiger partial charge in [-0.1, -0.05) is 0 Å². The van der Waals surface area contributed by atoms with E-state index in [0.717, 1.165) is 0 Å². The Balaban J connectivity index is 2.70. The molecule has 0 aromatic carbocycles.